The Morgan fingerprint density at radius 3 is 2.87 bits per heavy atom. The molecule has 2 aromatic rings. The van der Waals surface area contributed by atoms with Crippen molar-refractivity contribution in [3.8, 4) is 0 Å². The van der Waals surface area contributed by atoms with Crippen LogP contribution in [0.4, 0.5) is 0 Å². The van der Waals surface area contributed by atoms with E-state index in [-0.39, 0.29) is 18.6 Å². The van der Waals surface area contributed by atoms with E-state index < -0.39 is 0 Å². The average Bonchev–Trinajstić information content (AvgIpc) is 3.11. The van der Waals surface area contributed by atoms with Crippen molar-refractivity contribution in [3.05, 3.63) is 35.2 Å². The molecular formula is C19H25NO2S. The Labute approximate surface area is 142 Å². The van der Waals surface area contributed by atoms with Gasteiger partial charge in [-0.1, -0.05) is 32.0 Å². The normalized spacial score (nSPS) is 21.3. The quantitative estimate of drug-likeness (QED) is 0.700. The molecule has 124 valence electrons. The standard InChI is InChI=1S/C19H25NO2S/c1-4-9-22-11-18(21)20(3)19(15-10-13(15)2)16-12-23-17-8-6-5-7-14(16)17/h5-8,12-13,15,19H,4,9-11H2,1-3H3/t13-,15+,19-/m0/s1. The molecule has 23 heavy (non-hydrogen) atoms. The van der Waals surface area contributed by atoms with Crippen molar-refractivity contribution in [2.24, 2.45) is 11.8 Å². The molecule has 0 radical (unpaired) electrons. The van der Waals surface area contributed by atoms with Gasteiger partial charge in [0.1, 0.15) is 6.61 Å². The molecule has 3 rings (SSSR count). The second-order valence-corrected chi connectivity index (χ2v) is 7.48. The molecule has 0 aliphatic heterocycles. The molecule has 1 amide bonds. The molecule has 0 saturated heterocycles. The minimum Gasteiger partial charge on any atom is -0.372 e. The van der Waals surface area contributed by atoms with E-state index in [9.17, 15) is 4.79 Å². The number of nitrogens with zero attached hydrogens (tertiary/aromatic N) is 1. The first-order chi connectivity index (χ1) is 11.1. The number of fused-ring (bicyclic) bond motifs is 1. The predicted molar refractivity (Wildman–Crippen MR) is 95.7 cm³/mol. The lowest BCUT2D eigenvalue weighted by Crippen LogP contribution is -2.35. The summed E-state index contributed by atoms with van der Waals surface area (Å²) in [5.41, 5.74) is 1.30. The van der Waals surface area contributed by atoms with Crippen LogP contribution in [0.25, 0.3) is 10.1 Å². The molecule has 1 aromatic carbocycles. The Kier molecular flexibility index (Phi) is 5.02. The highest BCUT2D eigenvalue weighted by Crippen LogP contribution is 2.51. The van der Waals surface area contributed by atoms with Crippen LogP contribution >= 0.6 is 11.3 Å². The summed E-state index contributed by atoms with van der Waals surface area (Å²) in [6.45, 7) is 5.16. The van der Waals surface area contributed by atoms with Crippen LogP contribution in [0.15, 0.2) is 29.6 Å². The van der Waals surface area contributed by atoms with Gasteiger partial charge in [0.2, 0.25) is 5.91 Å². The summed E-state index contributed by atoms with van der Waals surface area (Å²) in [5, 5.41) is 3.52. The number of carbonyl (C=O) groups excluding carboxylic acids is 1. The molecule has 0 bridgehead atoms. The monoisotopic (exact) mass is 331 g/mol. The number of ether oxygens (including phenoxy) is 1. The summed E-state index contributed by atoms with van der Waals surface area (Å²) in [6, 6.07) is 8.65. The average molecular weight is 331 g/mol. The van der Waals surface area contributed by atoms with Crippen molar-refractivity contribution in [1.29, 1.82) is 0 Å². The van der Waals surface area contributed by atoms with E-state index in [0.29, 0.717) is 18.4 Å². The number of hydrogen-bond donors (Lipinski definition) is 0. The fraction of sp³-hybridized carbons (Fsp3) is 0.526. The van der Waals surface area contributed by atoms with E-state index in [0.717, 1.165) is 6.42 Å². The van der Waals surface area contributed by atoms with Crippen molar-refractivity contribution < 1.29 is 9.53 Å². The predicted octanol–water partition coefficient (Wildman–Crippen LogP) is 4.48. The molecule has 4 heteroatoms. The van der Waals surface area contributed by atoms with Crippen LogP contribution in [0.5, 0.6) is 0 Å². The number of carbonyl (C=O) groups is 1. The van der Waals surface area contributed by atoms with Crippen LogP contribution in [0.1, 0.15) is 38.3 Å². The molecule has 1 aromatic heterocycles. The molecule has 0 N–H and O–H groups in total. The van der Waals surface area contributed by atoms with Crippen molar-refractivity contribution in [2.45, 2.75) is 32.7 Å². The maximum Gasteiger partial charge on any atom is 0.248 e. The SMILES string of the molecule is CCCOCC(=O)N(C)[C@H](c1csc2ccccc12)[C@@H]1C[C@@H]1C. The van der Waals surface area contributed by atoms with Gasteiger partial charge in [-0.15, -0.1) is 11.3 Å². The minimum atomic E-state index is 0.0813. The molecule has 1 aliphatic carbocycles. The van der Waals surface area contributed by atoms with Crippen molar-refractivity contribution in [3.63, 3.8) is 0 Å². The van der Waals surface area contributed by atoms with Gasteiger partial charge in [0, 0.05) is 18.4 Å². The summed E-state index contributed by atoms with van der Waals surface area (Å²) in [5.74, 6) is 1.33. The number of hydrogen-bond acceptors (Lipinski definition) is 3. The fourth-order valence-electron chi connectivity index (χ4n) is 3.31. The number of rotatable bonds is 7. The van der Waals surface area contributed by atoms with Gasteiger partial charge in [-0.25, -0.2) is 0 Å². The largest absolute Gasteiger partial charge is 0.372 e. The van der Waals surface area contributed by atoms with Crippen molar-refractivity contribution >= 4 is 27.3 Å². The van der Waals surface area contributed by atoms with Crippen LogP contribution < -0.4 is 0 Å². The van der Waals surface area contributed by atoms with Gasteiger partial charge in [0.05, 0.1) is 6.04 Å². The Morgan fingerprint density at radius 1 is 1.43 bits per heavy atom. The molecule has 1 aliphatic rings. The van der Waals surface area contributed by atoms with Gasteiger partial charge in [-0.2, -0.15) is 0 Å². The Morgan fingerprint density at radius 2 is 2.17 bits per heavy atom. The summed E-state index contributed by atoms with van der Waals surface area (Å²) < 4.78 is 6.75. The zero-order valence-electron chi connectivity index (χ0n) is 14.1. The first-order valence-corrected chi connectivity index (χ1v) is 9.31. The third kappa shape index (κ3) is 3.43. The summed E-state index contributed by atoms with van der Waals surface area (Å²) >= 11 is 1.77. The highest BCUT2D eigenvalue weighted by molar-refractivity contribution is 7.17. The Bertz CT molecular complexity index is 681. The first-order valence-electron chi connectivity index (χ1n) is 8.43. The molecule has 0 unspecified atom stereocenters. The van der Waals surface area contributed by atoms with Crippen LogP contribution in [0.2, 0.25) is 0 Å². The van der Waals surface area contributed by atoms with Gasteiger partial charge < -0.3 is 9.64 Å². The van der Waals surface area contributed by atoms with Crippen LogP contribution in [0.3, 0.4) is 0 Å². The summed E-state index contributed by atoms with van der Waals surface area (Å²) in [7, 11) is 1.93. The van der Waals surface area contributed by atoms with Gasteiger partial charge in [0.25, 0.3) is 0 Å². The smallest absolute Gasteiger partial charge is 0.248 e. The van der Waals surface area contributed by atoms with E-state index in [4.69, 9.17) is 4.74 Å². The van der Waals surface area contributed by atoms with Crippen molar-refractivity contribution in [2.75, 3.05) is 20.3 Å². The van der Waals surface area contributed by atoms with Crippen LogP contribution in [-0.4, -0.2) is 31.1 Å². The molecule has 3 atom stereocenters. The molecular weight excluding hydrogens is 306 g/mol. The number of amides is 1. The van der Waals surface area contributed by atoms with Gasteiger partial charge in [0.15, 0.2) is 0 Å². The van der Waals surface area contributed by atoms with Crippen molar-refractivity contribution in [1.82, 2.24) is 4.90 Å². The molecule has 0 spiro atoms. The van der Waals surface area contributed by atoms with Gasteiger partial charge >= 0.3 is 0 Å². The highest BCUT2D eigenvalue weighted by Gasteiger charge is 2.44. The van der Waals surface area contributed by atoms with Crippen LogP contribution in [0, 0.1) is 11.8 Å². The first kappa shape index (κ1) is 16.5. The summed E-state index contributed by atoms with van der Waals surface area (Å²) in [4.78, 5) is 14.4. The molecule has 1 heterocycles. The van der Waals surface area contributed by atoms with E-state index in [1.54, 1.807) is 11.3 Å². The molecule has 1 saturated carbocycles. The number of likely N-dealkylation sites (N-methyl/N-ethyl adjacent to an activating group) is 1. The maximum atomic E-state index is 12.5. The van der Waals surface area contributed by atoms with Gasteiger partial charge in [-0.05, 0) is 47.1 Å². The summed E-state index contributed by atoms with van der Waals surface area (Å²) in [6.07, 6.45) is 2.14. The van der Waals surface area contributed by atoms with Gasteiger partial charge in [-0.3, -0.25) is 4.79 Å². The Balaban J connectivity index is 1.85. The van der Waals surface area contributed by atoms with E-state index in [1.807, 2.05) is 11.9 Å². The Hall–Kier alpha value is -1.39. The lowest BCUT2D eigenvalue weighted by atomic mass is 9.99. The molecule has 1 fully saturated rings. The number of benzene rings is 1. The topological polar surface area (TPSA) is 29.5 Å². The zero-order valence-corrected chi connectivity index (χ0v) is 14.9. The van der Waals surface area contributed by atoms with E-state index in [1.165, 1.54) is 22.1 Å². The third-order valence-electron chi connectivity index (χ3n) is 4.79. The van der Waals surface area contributed by atoms with E-state index in [2.05, 4.69) is 43.5 Å². The maximum absolute atomic E-state index is 12.5. The zero-order chi connectivity index (χ0) is 16.4. The van der Waals surface area contributed by atoms with E-state index >= 15 is 0 Å². The minimum absolute atomic E-state index is 0.0813. The number of thiophene rings is 1. The fourth-order valence-corrected chi connectivity index (χ4v) is 4.30. The third-order valence-corrected chi connectivity index (χ3v) is 5.77. The second-order valence-electron chi connectivity index (χ2n) is 6.57. The highest BCUT2D eigenvalue weighted by atomic mass is 32.1. The molecule has 3 nitrogen and oxygen atoms in total. The second kappa shape index (κ2) is 7.02. The lowest BCUT2D eigenvalue weighted by molar-refractivity contribution is -0.137. The lowest BCUT2D eigenvalue weighted by Gasteiger charge is -2.29. The van der Waals surface area contributed by atoms with Crippen LogP contribution in [-0.2, 0) is 9.53 Å².